The molecule has 0 amide bonds. The average molecular weight is 735 g/mol. The number of anilines is 1. The molecule has 0 bridgehead atoms. The Morgan fingerprint density at radius 2 is 1.02 bits per heavy atom. The monoisotopic (exact) mass is 734 g/mol. The van der Waals surface area contributed by atoms with Crippen molar-refractivity contribution < 1.29 is 23.2 Å². The van der Waals surface area contributed by atoms with E-state index in [4.69, 9.17) is 8.39 Å². The van der Waals surface area contributed by atoms with E-state index in [1.54, 1.807) is 36.4 Å². The summed E-state index contributed by atoms with van der Waals surface area (Å²) in [6, 6.07) is 37.3. The number of fused-ring (bicyclic) bond motifs is 8. The van der Waals surface area contributed by atoms with Crippen LogP contribution in [0.5, 0.6) is 0 Å². The van der Waals surface area contributed by atoms with Crippen LogP contribution in [0.1, 0.15) is 12.0 Å². The molecular formula is C41H27N4O8P. The average Bonchev–Trinajstić information content (AvgIpc) is 3.38. The highest BCUT2D eigenvalue weighted by Crippen LogP contribution is 2.51. The van der Waals surface area contributed by atoms with Crippen molar-refractivity contribution in [1.29, 1.82) is 0 Å². The Labute approximate surface area is 306 Å². The SMILES string of the molecule is O=[N+]([O-])c1ccc(-c2cc3ccccc3c3c2op(N2CCCc4ccc([N+](=O)[O-])cc42)oc2c(-c4ccc([N+](=O)[O-])cc4)cc4ccccc4c23)cc1. The smallest absolute Gasteiger partial charge is 0.341 e. The molecule has 12 nitrogen and oxygen atoms in total. The number of rotatable bonds is 6. The fraction of sp³-hybridized carbons (Fsp3) is 0.0732. The van der Waals surface area contributed by atoms with Gasteiger partial charge in [-0.2, -0.15) is 0 Å². The van der Waals surface area contributed by atoms with Gasteiger partial charge in [-0.15, -0.1) is 0 Å². The minimum atomic E-state index is -2.07. The first kappa shape index (κ1) is 32.8. The van der Waals surface area contributed by atoms with Gasteiger partial charge >= 0.3 is 8.16 Å². The van der Waals surface area contributed by atoms with Crippen LogP contribution in [0, 0.1) is 30.3 Å². The molecule has 1 aliphatic rings. The second kappa shape index (κ2) is 12.9. The second-order valence-electron chi connectivity index (χ2n) is 13.0. The maximum absolute atomic E-state index is 12.0. The molecule has 8 aromatic rings. The summed E-state index contributed by atoms with van der Waals surface area (Å²) in [6.45, 7) is 0.491. The molecule has 0 atom stereocenters. The van der Waals surface area contributed by atoms with Crippen molar-refractivity contribution in [3.8, 4) is 22.3 Å². The van der Waals surface area contributed by atoms with E-state index in [9.17, 15) is 30.3 Å². The van der Waals surface area contributed by atoms with Crippen LogP contribution < -0.4 is 4.67 Å². The van der Waals surface area contributed by atoms with Gasteiger partial charge in [0.15, 0.2) is 11.2 Å². The summed E-state index contributed by atoms with van der Waals surface area (Å²) in [4.78, 5) is 34.0. The van der Waals surface area contributed by atoms with Crippen molar-refractivity contribution >= 4 is 74.4 Å². The summed E-state index contributed by atoms with van der Waals surface area (Å²) < 4.78 is 16.3. The molecule has 0 aliphatic carbocycles. The molecule has 9 rings (SSSR count). The van der Waals surface area contributed by atoms with E-state index >= 15 is 0 Å². The van der Waals surface area contributed by atoms with E-state index in [-0.39, 0.29) is 17.1 Å². The third kappa shape index (κ3) is 5.48. The van der Waals surface area contributed by atoms with Crippen molar-refractivity contribution in [2.45, 2.75) is 12.8 Å². The minimum Gasteiger partial charge on any atom is -0.403 e. The number of benzene rings is 7. The Balaban J connectivity index is 1.50. The van der Waals surface area contributed by atoms with Crippen LogP contribution >= 0.6 is 8.16 Å². The van der Waals surface area contributed by atoms with Gasteiger partial charge in [-0.05, 0) is 87.5 Å². The Bertz CT molecular complexity index is 2750. The zero-order valence-electron chi connectivity index (χ0n) is 28.2. The fourth-order valence-electron chi connectivity index (χ4n) is 7.40. The first-order chi connectivity index (χ1) is 26.2. The first-order valence-corrected chi connectivity index (χ1v) is 18.2. The summed E-state index contributed by atoms with van der Waals surface area (Å²) in [6.07, 6.45) is 1.47. The predicted octanol–water partition coefficient (Wildman–Crippen LogP) is 11.9. The van der Waals surface area contributed by atoms with Crippen molar-refractivity contribution in [3.63, 3.8) is 0 Å². The Kier molecular flexibility index (Phi) is 7.83. The number of nitro groups is 3. The van der Waals surface area contributed by atoms with Crippen molar-refractivity contribution in [1.82, 2.24) is 0 Å². The molecule has 264 valence electrons. The maximum atomic E-state index is 12.0. The quantitative estimate of drug-likeness (QED) is 0.120. The van der Waals surface area contributed by atoms with Gasteiger partial charge in [0.25, 0.3) is 17.1 Å². The number of nitro benzene ring substituents is 3. The van der Waals surface area contributed by atoms with E-state index in [0.717, 1.165) is 50.7 Å². The highest BCUT2D eigenvalue weighted by Gasteiger charge is 2.27. The second-order valence-corrected chi connectivity index (χ2v) is 14.3. The molecule has 2 heterocycles. The molecule has 0 N–H and O–H groups in total. The standard InChI is InChI=1S/C41H27N4O8P/c46-43(47)30-16-11-25(12-17-30)35-22-28-6-1-3-9-33(28)38-39-34-10-4-2-7-29(34)23-36(26-13-18-31(19-14-26)44(48)49)41(39)53-54(52-40(35)38)42-21-5-8-27-15-20-32(45(50)51)24-37(27)42/h1-4,6-7,9-20,22-24H,5,8,21H2. The van der Waals surface area contributed by atoms with Gasteiger partial charge < -0.3 is 8.39 Å². The maximum Gasteiger partial charge on any atom is 0.341 e. The molecular weight excluding hydrogens is 707 g/mol. The molecule has 0 fully saturated rings. The van der Waals surface area contributed by atoms with Gasteiger partial charge in [0.1, 0.15) is 0 Å². The van der Waals surface area contributed by atoms with Crippen LogP contribution in [0.25, 0.3) is 65.7 Å². The van der Waals surface area contributed by atoms with Crippen molar-refractivity contribution in [2.24, 2.45) is 0 Å². The normalized spacial score (nSPS) is 12.6. The Hall–Kier alpha value is -7.04. The van der Waals surface area contributed by atoms with Gasteiger partial charge in [0, 0.05) is 64.8 Å². The van der Waals surface area contributed by atoms with E-state index in [1.165, 1.54) is 30.3 Å². The van der Waals surface area contributed by atoms with Gasteiger partial charge in [-0.3, -0.25) is 35.0 Å². The molecule has 1 aromatic heterocycles. The summed E-state index contributed by atoms with van der Waals surface area (Å²) in [5.74, 6) is 0. The predicted molar refractivity (Wildman–Crippen MR) is 210 cm³/mol. The summed E-state index contributed by atoms with van der Waals surface area (Å²) in [7, 11) is -2.07. The number of hydrogen-bond acceptors (Lipinski definition) is 9. The van der Waals surface area contributed by atoms with E-state index in [2.05, 4.69) is 0 Å². The van der Waals surface area contributed by atoms with Gasteiger partial charge in [0.05, 0.1) is 20.5 Å². The lowest BCUT2D eigenvalue weighted by molar-refractivity contribution is -0.385. The third-order valence-electron chi connectivity index (χ3n) is 9.94. The summed E-state index contributed by atoms with van der Waals surface area (Å²) in [5, 5.41) is 40.3. The molecule has 0 saturated heterocycles. The largest absolute Gasteiger partial charge is 0.403 e. The Morgan fingerprint density at radius 3 is 1.50 bits per heavy atom. The lowest BCUT2D eigenvalue weighted by atomic mass is 9.91. The third-order valence-corrected chi connectivity index (χ3v) is 11.4. The number of non-ortho nitro benzene ring substituents is 3. The van der Waals surface area contributed by atoms with E-state index in [0.29, 0.717) is 45.7 Å². The van der Waals surface area contributed by atoms with Crippen LogP contribution in [-0.2, 0) is 6.42 Å². The van der Waals surface area contributed by atoms with Crippen LogP contribution in [0.2, 0.25) is 0 Å². The van der Waals surface area contributed by atoms with E-state index in [1.807, 2.05) is 65.3 Å². The zero-order valence-corrected chi connectivity index (χ0v) is 29.1. The fourth-order valence-corrected chi connectivity index (χ4v) is 8.99. The van der Waals surface area contributed by atoms with Crippen molar-refractivity contribution in [2.75, 3.05) is 11.2 Å². The minimum absolute atomic E-state index is 0.0484. The van der Waals surface area contributed by atoms with Crippen molar-refractivity contribution in [3.05, 3.63) is 163 Å². The van der Waals surface area contributed by atoms with Crippen LogP contribution in [0.3, 0.4) is 0 Å². The zero-order chi connectivity index (χ0) is 37.1. The highest BCUT2D eigenvalue weighted by atomic mass is 31.1. The Morgan fingerprint density at radius 1 is 0.556 bits per heavy atom. The first-order valence-electron chi connectivity index (χ1n) is 17.1. The van der Waals surface area contributed by atoms with Crippen LogP contribution in [0.4, 0.5) is 22.7 Å². The molecule has 0 radical (unpaired) electrons. The number of aryl methyl sites for hydroxylation is 1. The lowest BCUT2D eigenvalue weighted by Crippen LogP contribution is -2.21. The number of hydrogen-bond donors (Lipinski definition) is 0. The van der Waals surface area contributed by atoms with E-state index < -0.39 is 22.9 Å². The van der Waals surface area contributed by atoms with Gasteiger partial charge in [-0.1, -0.05) is 54.6 Å². The van der Waals surface area contributed by atoms with Gasteiger partial charge in [-0.25, -0.2) is 0 Å². The molecule has 0 spiro atoms. The van der Waals surface area contributed by atoms with Crippen LogP contribution in [0.15, 0.2) is 136 Å². The molecule has 7 aromatic carbocycles. The summed E-state index contributed by atoms with van der Waals surface area (Å²) >= 11 is 0. The molecule has 1 aliphatic heterocycles. The molecule has 0 unspecified atom stereocenters. The molecule has 13 heteroatoms. The highest BCUT2D eigenvalue weighted by molar-refractivity contribution is 7.39. The summed E-state index contributed by atoms with van der Waals surface area (Å²) in [5.41, 5.74) is 5.15. The molecule has 0 saturated carbocycles. The number of nitrogens with zero attached hydrogens (tertiary/aromatic N) is 4. The lowest BCUT2D eigenvalue weighted by Gasteiger charge is -2.27. The van der Waals surface area contributed by atoms with Crippen LogP contribution in [-0.4, -0.2) is 21.3 Å². The van der Waals surface area contributed by atoms with Gasteiger partial charge in [0.2, 0.25) is 0 Å². The topological polar surface area (TPSA) is 159 Å². The molecule has 54 heavy (non-hydrogen) atoms.